The van der Waals surface area contributed by atoms with Crippen molar-refractivity contribution in [3.05, 3.63) is 47.0 Å². The molecule has 1 saturated heterocycles. The zero-order valence-corrected chi connectivity index (χ0v) is 15.1. The highest BCUT2D eigenvalue weighted by Crippen LogP contribution is 2.39. The summed E-state index contributed by atoms with van der Waals surface area (Å²) in [6.07, 6.45) is 0. The van der Waals surface area contributed by atoms with E-state index >= 15 is 0 Å². The van der Waals surface area contributed by atoms with E-state index in [4.69, 9.17) is 21.1 Å². The van der Waals surface area contributed by atoms with Crippen LogP contribution in [-0.2, 0) is 14.8 Å². The van der Waals surface area contributed by atoms with Gasteiger partial charge in [0.05, 0.1) is 29.5 Å². The van der Waals surface area contributed by atoms with E-state index < -0.39 is 15.9 Å². The first kappa shape index (κ1) is 17.3. The summed E-state index contributed by atoms with van der Waals surface area (Å²) in [7, 11) is -3.84. The summed E-state index contributed by atoms with van der Waals surface area (Å²) in [4.78, 5) is 12.5. The molecule has 136 valence electrons. The molecule has 0 bridgehead atoms. The van der Waals surface area contributed by atoms with Crippen molar-refractivity contribution in [1.29, 1.82) is 0 Å². The van der Waals surface area contributed by atoms with Crippen molar-refractivity contribution in [2.75, 3.05) is 31.6 Å². The SMILES string of the molecule is O=C1Nc2ccccc2Oc2cc(Cl)c(S(=O)(=O)N3CCOCC3)cc21. The topological polar surface area (TPSA) is 84.9 Å². The number of rotatable bonds is 2. The van der Waals surface area contributed by atoms with Crippen LogP contribution < -0.4 is 10.1 Å². The number of carbonyl (C=O) groups is 1. The third-order valence-electron chi connectivity index (χ3n) is 4.22. The number of morpholine rings is 1. The number of carbonyl (C=O) groups excluding carboxylic acids is 1. The summed E-state index contributed by atoms with van der Waals surface area (Å²) in [5.74, 6) is 0.206. The second kappa shape index (κ2) is 6.55. The molecule has 2 aliphatic heterocycles. The quantitative estimate of drug-likeness (QED) is 0.846. The summed E-state index contributed by atoms with van der Waals surface area (Å²) in [6.45, 7) is 1.12. The number of para-hydroxylation sites is 2. The fourth-order valence-electron chi connectivity index (χ4n) is 2.89. The third-order valence-corrected chi connectivity index (χ3v) is 6.59. The maximum atomic E-state index is 12.9. The molecule has 2 aliphatic rings. The van der Waals surface area contributed by atoms with Crippen LogP contribution in [0, 0.1) is 0 Å². The van der Waals surface area contributed by atoms with Gasteiger partial charge in [0.15, 0.2) is 5.75 Å². The molecule has 1 N–H and O–H groups in total. The third kappa shape index (κ3) is 2.95. The van der Waals surface area contributed by atoms with Gasteiger partial charge in [-0.15, -0.1) is 0 Å². The van der Waals surface area contributed by atoms with Crippen LogP contribution in [0.5, 0.6) is 11.5 Å². The predicted octanol–water partition coefficient (Wildman–Crippen LogP) is 2.72. The Kier molecular flexibility index (Phi) is 4.36. The molecular weight excluding hydrogens is 380 g/mol. The first-order valence-electron chi connectivity index (χ1n) is 7.96. The fraction of sp³-hybridized carbons (Fsp3) is 0.235. The van der Waals surface area contributed by atoms with E-state index in [0.29, 0.717) is 24.7 Å². The van der Waals surface area contributed by atoms with Crippen molar-refractivity contribution in [1.82, 2.24) is 4.31 Å². The highest BCUT2D eigenvalue weighted by molar-refractivity contribution is 7.89. The van der Waals surface area contributed by atoms with Crippen molar-refractivity contribution in [3.63, 3.8) is 0 Å². The molecular formula is C17H15ClN2O5S. The number of anilines is 1. The molecule has 2 heterocycles. The maximum absolute atomic E-state index is 12.9. The Morgan fingerprint density at radius 3 is 2.58 bits per heavy atom. The van der Waals surface area contributed by atoms with Crippen LogP contribution in [0.15, 0.2) is 41.3 Å². The van der Waals surface area contributed by atoms with E-state index in [1.54, 1.807) is 24.3 Å². The van der Waals surface area contributed by atoms with E-state index in [-0.39, 0.29) is 34.3 Å². The summed E-state index contributed by atoms with van der Waals surface area (Å²) in [5, 5.41) is 2.72. The number of sulfonamides is 1. The van der Waals surface area contributed by atoms with E-state index in [1.807, 2.05) is 0 Å². The van der Waals surface area contributed by atoms with Crippen LogP contribution >= 0.6 is 11.6 Å². The van der Waals surface area contributed by atoms with E-state index in [0.717, 1.165) is 0 Å². The minimum absolute atomic E-state index is 0.00224. The number of benzene rings is 2. The molecule has 0 radical (unpaired) electrons. The number of hydrogen-bond acceptors (Lipinski definition) is 5. The zero-order chi connectivity index (χ0) is 18.3. The molecule has 1 amide bonds. The van der Waals surface area contributed by atoms with E-state index in [9.17, 15) is 13.2 Å². The lowest BCUT2D eigenvalue weighted by Crippen LogP contribution is -2.40. The van der Waals surface area contributed by atoms with Gasteiger partial charge in [0.25, 0.3) is 5.91 Å². The number of ether oxygens (including phenoxy) is 2. The van der Waals surface area contributed by atoms with Gasteiger partial charge in [-0.3, -0.25) is 4.79 Å². The van der Waals surface area contributed by atoms with Crippen LogP contribution in [-0.4, -0.2) is 44.9 Å². The molecule has 0 spiro atoms. The van der Waals surface area contributed by atoms with Gasteiger partial charge in [0, 0.05) is 19.2 Å². The zero-order valence-electron chi connectivity index (χ0n) is 13.6. The molecule has 1 fully saturated rings. The predicted molar refractivity (Wildman–Crippen MR) is 95.5 cm³/mol. The number of amides is 1. The smallest absolute Gasteiger partial charge is 0.259 e. The number of nitrogens with one attached hydrogen (secondary N) is 1. The van der Waals surface area contributed by atoms with Gasteiger partial charge in [-0.25, -0.2) is 8.42 Å². The molecule has 2 aromatic carbocycles. The monoisotopic (exact) mass is 394 g/mol. The van der Waals surface area contributed by atoms with Crippen LogP contribution in [0.2, 0.25) is 5.02 Å². The standard InChI is InChI=1S/C17H15ClN2O5S/c18-12-10-15-11(17(21)19-13-3-1-2-4-14(13)25-15)9-16(12)26(22,23)20-5-7-24-8-6-20/h1-4,9-10H,5-8H2,(H,19,21). The van der Waals surface area contributed by atoms with Crippen molar-refractivity contribution in [2.24, 2.45) is 0 Å². The van der Waals surface area contributed by atoms with Gasteiger partial charge >= 0.3 is 0 Å². The number of hydrogen-bond donors (Lipinski definition) is 1. The summed E-state index contributed by atoms with van der Waals surface area (Å²) in [5.41, 5.74) is 0.611. The lowest BCUT2D eigenvalue weighted by Gasteiger charge is -2.26. The molecule has 2 aromatic rings. The molecule has 0 saturated carbocycles. The van der Waals surface area contributed by atoms with Crippen molar-refractivity contribution < 1.29 is 22.7 Å². The number of nitrogens with zero attached hydrogens (tertiary/aromatic N) is 1. The Morgan fingerprint density at radius 2 is 1.81 bits per heavy atom. The van der Waals surface area contributed by atoms with Crippen molar-refractivity contribution >= 4 is 33.2 Å². The lowest BCUT2D eigenvalue weighted by atomic mass is 10.2. The van der Waals surface area contributed by atoms with Crippen molar-refractivity contribution in [2.45, 2.75) is 4.90 Å². The minimum Gasteiger partial charge on any atom is -0.454 e. The minimum atomic E-state index is -3.84. The van der Waals surface area contributed by atoms with Gasteiger partial charge < -0.3 is 14.8 Å². The average molecular weight is 395 g/mol. The lowest BCUT2D eigenvalue weighted by molar-refractivity contribution is 0.0730. The molecule has 0 atom stereocenters. The van der Waals surface area contributed by atoms with Crippen molar-refractivity contribution in [3.8, 4) is 11.5 Å². The molecule has 7 nitrogen and oxygen atoms in total. The highest BCUT2D eigenvalue weighted by Gasteiger charge is 2.31. The number of halogens is 1. The highest BCUT2D eigenvalue weighted by atomic mass is 35.5. The molecule has 9 heteroatoms. The van der Waals surface area contributed by atoms with Gasteiger partial charge in [0.1, 0.15) is 10.6 Å². The summed E-state index contributed by atoms with van der Waals surface area (Å²) < 4.78 is 38.1. The second-order valence-electron chi connectivity index (χ2n) is 5.85. The molecule has 4 rings (SSSR count). The van der Waals surface area contributed by atoms with E-state index in [1.165, 1.54) is 16.4 Å². The van der Waals surface area contributed by atoms with Gasteiger partial charge in [-0.05, 0) is 18.2 Å². The number of fused-ring (bicyclic) bond motifs is 2. The van der Waals surface area contributed by atoms with Crippen LogP contribution in [0.3, 0.4) is 0 Å². The average Bonchev–Trinajstić information content (AvgIpc) is 2.77. The van der Waals surface area contributed by atoms with Crippen LogP contribution in [0.4, 0.5) is 5.69 Å². The molecule has 0 aromatic heterocycles. The maximum Gasteiger partial charge on any atom is 0.259 e. The Hall–Kier alpha value is -2.13. The summed E-state index contributed by atoms with van der Waals surface area (Å²) >= 11 is 6.24. The van der Waals surface area contributed by atoms with Gasteiger partial charge in [-0.2, -0.15) is 4.31 Å². The largest absolute Gasteiger partial charge is 0.454 e. The van der Waals surface area contributed by atoms with Gasteiger partial charge in [0.2, 0.25) is 10.0 Å². The molecule has 26 heavy (non-hydrogen) atoms. The Balaban J connectivity index is 1.79. The first-order chi connectivity index (χ1) is 12.5. The molecule has 0 aliphatic carbocycles. The Bertz CT molecular complexity index is 987. The first-order valence-corrected chi connectivity index (χ1v) is 9.78. The summed E-state index contributed by atoms with van der Waals surface area (Å²) in [6, 6.07) is 9.58. The van der Waals surface area contributed by atoms with E-state index in [2.05, 4.69) is 5.32 Å². The molecule has 0 unspecified atom stereocenters. The second-order valence-corrected chi connectivity index (χ2v) is 8.16. The fourth-order valence-corrected chi connectivity index (χ4v) is 4.81. The van der Waals surface area contributed by atoms with Crippen LogP contribution in [0.25, 0.3) is 0 Å². The normalized spacial score (nSPS) is 17.5. The Labute approximate surface area is 155 Å². The van der Waals surface area contributed by atoms with Gasteiger partial charge in [-0.1, -0.05) is 23.7 Å². The Morgan fingerprint density at radius 1 is 1.08 bits per heavy atom. The van der Waals surface area contributed by atoms with Crippen LogP contribution in [0.1, 0.15) is 10.4 Å².